The molecule has 0 amide bonds. The molecule has 0 unspecified atom stereocenters. The smallest absolute Gasteiger partial charge is 0.198 e. The zero-order valence-electron chi connectivity index (χ0n) is 15.3. The molecule has 0 bridgehead atoms. The molecule has 2 aliphatic heterocycles. The molecule has 2 aromatic rings. The molecule has 1 aromatic heterocycles. The van der Waals surface area contributed by atoms with Crippen LogP contribution < -0.4 is 9.47 Å². The number of nitrogens with zero attached hydrogens (tertiary/aromatic N) is 2. The van der Waals surface area contributed by atoms with Gasteiger partial charge in [0, 0.05) is 24.8 Å². The number of hydrazone groups is 1. The monoisotopic (exact) mass is 352 g/mol. The number of para-hydroxylation sites is 1. The lowest BCUT2D eigenvalue weighted by Crippen LogP contribution is -2.54. The fraction of sp³-hybridized carbons (Fsp3) is 0.476. The van der Waals surface area contributed by atoms with E-state index in [2.05, 4.69) is 11.1 Å². The van der Waals surface area contributed by atoms with E-state index in [1.165, 1.54) is 19.3 Å². The Kier molecular flexibility index (Phi) is 3.52. The van der Waals surface area contributed by atoms with Crippen LogP contribution >= 0.6 is 0 Å². The number of aryl methyl sites for hydroxylation is 1. The van der Waals surface area contributed by atoms with Crippen molar-refractivity contribution in [3.8, 4) is 11.5 Å². The van der Waals surface area contributed by atoms with Gasteiger partial charge < -0.3 is 13.9 Å². The molecule has 26 heavy (non-hydrogen) atoms. The van der Waals surface area contributed by atoms with Crippen molar-refractivity contribution in [3.05, 3.63) is 47.4 Å². The molecule has 5 heteroatoms. The summed E-state index contributed by atoms with van der Waals surface area (Å²) in [5.41, 5.74) is 1.79. The highest BCUT2D eigenvalue weighted by atomic mass is 16.5. The molecule has 3 aliphatic rings. The van der Waals surface area contributed by atoms with Crippen LogP contribution in [0.25, 0.3) is 0 Å². The summed E-state index contributed by atoms with van der Waals surface area (Å²) in [5.74, 6) is 3.49. The molecule has 5 rings (SSSR count). The van der Waals surface area contributed by atoms with E-state index in [1.54, 1.807) is 7.11 Å². The van der Waals surface area contributed by atoms with Crippen LogP contribution in [0.3, 0.4) is 0 Å². The Morgan fingerprint density at radius 3 is 2.73 bits per heavy atom. The summed E-state index contributed by atoms with van der Waals surface area (Å²) >= 11 is 0. The fourth-order valence-electron chi connectivity index (χ4n) is 4.60. The van der Waals surface area contributed by atoms with E-state index < -0.39 is 0 Å². The maximum Gasteiger partial charge on any atom is 0.198 e. The highest BCUT2D eigenvalue weighted by Gasteiger charge is 2.51. The van der Waals surface area contributed by atoms with Gasteiger partial charge in [0.1, 0.15) is 17.2 Å². The zero-order chi connectivity index (χ0) is 17.7. The molecule has 0 radical (unpaired) electrons. The van der Waals surface area contributed by atoms with Crippen LogP contribution in [0.1, 0.15) is 61.7 Å². The third-order valence-corrected chi connectivity index (χ3v) is 5.87. The van der Waals surface area contributed by atoms with E-state index >= 15 is 0 Å². The van der Waals surface area contributed by atoms with Gasteiger partial charge in [-0.25, -0.2) is 5.01 Å². The van der Waals surface area contributed by atoms with Crippen molar-refractivity contribution in [1.29, 1.82) is 0 Å². The Morgan fingerprint density at radius 1 is 1.15 bits per heavy atom. The van der Waals surface area contributed by atoms with Gasteiger partial charge in [0.25, 0.3) is 0 Å². The second kappa shape index (κ2) is 5.79. The number of fused-ring (bicyclic) bond motifs is 4. The molecule has 1 atom stereocenters. The molecule has 3 heterocycles. The lowest BCUT2D eigenvalue weighted by Gasteiger charge is -2.49. The van der Waals surface area contributed by atoms with Crippen molar-refractivity contribution in [2.24, 2.45) is 5.10 Å². The molecule has 0 N–H and O–H groups in total. The van der Waals surface area contributed by atoms with E-state index in [9.17, 15) is 0 Å². The molecule has 136 valence electrons. The summed E-state index contributed by atoms with van der Waals surface area (Å²) in [7, 11) is 1.71. The van der Waals surface area contributed by atoms with E-state index in [0.717, 1.165) is 53.6 Å². The first-order chi connectivity index (χ1) is 12.7. The molecule has 1 aromatic carbocycles. The summed E-state index contributed by atoms with van der Waals surface area (Å²) in [6, 6.07) is 10.3. The molecule has 1 spiro atoms. The van der Waals surface area contributed by atoms with Gasteiger partial charge in [-0.15, -0.1) is 0 Å². The van der Waals surface area contributed by atoms with Crippen LogP contribution in [-0.2, 0) is 0 Å². The van der Waals surface area contributed by atoms with Crippen LogP contribution in [0, 0.1) is 6.92 Å². The quantitative estimate of drug-likeness (QED) is 0.779. The number of ether oxygens (including phenoxy) is 2. The predicted octanol–water partition coefficient (Wildman–Crippen LogP) is 4.80. The predicted molar refractivity (Wildman–Crippen MR) is 98.6 cm³/mol. The molecule has 1 fully saturated rings. The lowest BCUT2D eigenvalue weighted by molar-refractivity contribution is -0.141. The van der Waals surface area contributed by atoms with Crippen LogP contribution in [0.2, 0.25) is 0 Å². The van der Waals surface area contributed by atoms with Gasteiger partial charge in [0.2, 0.25) is 0 Å². The SMILES string of the molecule is COc1cccc2c1OC1(CCCCC1)N1N=C(c3ccc(C)o3)C[C@H]21. The fourth-order valence-corrected chi connectivity index (χ4v) is 4.60. The van der Waals surface area contributed by atoms with E-state index in [1.807, 2.05) is 31.2 Å². The number of hydrogen-bond donors (Lipinski definition) is 0. The molecule has 0 saturated heterocycles. The van der Waals surface area contributed by atoms with Crippen LogP contribution in [0.5, 0.6) is 11.5 Å². The van der Waals surface area contributed by atoms with Gasteiger partial charge in [0.05, 0.1) is 13.2 Å². The molecule has 1 saturated carbocycles. The van der Waals surface area contributed by atoms with Crippen molar-refractivity contribution in [2.45, 2.75) is 57.2 Å². The van der Waals surface area contributed by atoms with Gasteiger partial charge >= 0.3 is 0 Å². The number of benzene rings is 1. The average Bonchev–Trinajstić information content (AvgIpc) is 3.29. The summed E-state index contributed by atoms with van der Waals surface area (Å²) in [5, 5.41) is 7.24. The van der Waals surface area contributed by atoms with Gasteiger partial charge in [0.15, 0.2) is 17.2 Å². The van der Waals surface area contributed by atoms with Gasteiger partial charge in [-0.1, -0.05) is 18.6 Å². The van der Waals surface area contributed by atoms with Crippen molar-refractivity contribution in [2.75, 3.05) is 7.11 Å². The second-order valence-electron chi connectivity index (χ2n) is 7.51. The maximum atomic E-state index is 6.65. The number of hydrogen-bond acceptors (Lipinski definition) is 5. The topological polar surface area (TPSA) is 47.2 Å². The Bertz CT molecular complexity index is 864. The normalized spacial score (nSPS) is 23.2. The van der Waals surface area contributed by atoms with Crippen LogP contribution in [0.15, 0.2) is 39.9 Å². The highest BCUT2D eigenvalue weighted by molar-refractivity contribution is 5.99. The minimum atomic E-state index is -0.367. The Morgan fingerprint density at radius 2 is 2.00 bits per heavy atom. The summed E-state index contributed by atoms with van der Waals surface area (Å²) in [6.07, 6.45) is 6.41. The zero-order valence-corrected chi connectivity index (χ0v) is 15.3. The minimum Gasteiger partial charge on any atom is -0.493 e. The first-order valence-corrected chi connectivity index (χ1v) is 9.50. The van der Waals surface area contributed by atoms with E-state index in [-0.39, 0.29) is 11.8 Å². The number of furan rings is 1. The summed E-state index contributed by atoms with van der Waals surface area (Å²) in [4.78, 5) is 0. The third kappa shape index (κ3) is 2.26. The van der Waals surface area contributed by atoms with Crippen LogP contribution in [0.4, 0.5) is 0 Å². The largest absolute Gasteiger partial charge is 0.493 e. The third-order valence-electron chi connectivity index (χ3n) is 5.87. The van der Waals surface area contributed by atoms with Crippen molar-refractivity contribution >= 4 is 5.71 Å². The van der Waals surface area contributed by atoms with Crippen LogP contribution in [-0.4, -0.2) is 23.6 Å². The van der Waals surface area contributed by atoms with E-state index in [4.69, 9.17) is 19.0 Å². The Labute approximate surface area is 153 Å². The average molecular weight is 352 g/mol. The lowest BCUT2D eigenvalue weighted by atomic mass is 9.86. The first-order valence-electron chi connectivity index (χ1n) is 9.50. The number of rotatable bonds is 2. The summed E-state index contributed by atoms with van der Waals surface area (Å²) in [6.45, 7) is 1.97. The first kappa shape index (κ1) is 15.8. The standard InChI is InChI=1S/C21H24N2O3/c1-14-9-10-18(25-14)16-13-17-15-7-6-8-19(24-2)20(15)26-21(23(17)22-16)11-4-3-5-12-21/h6-10,17H,3-5,11-13H2,1-2H3/t17-/m1/s1. The Hall–Kier alpha value is -2.43. The van der Waals surface area contributed by atoms with E-state index in [0.29, 0.717) is 0 Å². The molecular formula is C21H24N2O3. The van der Waals surface area contributed by atoms with Crippen molar-refractivity contribution in [1.82, 2.24) is 5.01 Å². The molecular weight excluding hydrogens is 328 g/mol. The second-order valence-corrected chi connectivity index (χ2v) is 7.51. The highest BCUT2D eigenvalue weighted by Crippen LogP contribution is 2.53. The van der Waals surface area contributed by atoms with Gasteiger partial charge in [-0.2, -0.15) is 5.10 Å². The Balaban J connectivity index is 1.62. The molecule has 5 nitrogen and oxygen atoms in total. The van der Waals surface area contributed by atoms with Crippen molar-refractivity contribution in [3.63, 3.8) is 0 Å². The maximum absolute atomic E-state index is 6.65. The van der Waals surface area contributed by atoms with Gasteiger partial charge in [-0.3, -0.25) is 0 Å². The van der Waals surface area contributed by atoms with Gasteiger partial charge in [-0.05, 0) is 38.0 Å². The van der Waals surface area contributed by atoms with Crippen molar-refractivity contribution < 1.29 is 13.9 Å². The summed E-state index contributed by atoms with van der Waals surface area (Å²) < 4.78 is 18.1. The number of methoxy groups -OCH3 is 1. The molecule has 1 aliphatic carbocycles. The minimum absolute atomic E-state index is 0.173.